The first kappa shape index (κ1) is 22.9. The number of nitrogens with one attached hydrogen (secondary N) is 2. The highest BCUT2D eigenvalue weighted by Crippen LogP contribution is 2.36. The minimum atomic E-state index is -4.65. The standard InChI is InChI=1S/C17H22BrF3N6O2/c1-5-7-22-16(29)13-11(8-26(6-2)24-13)23-15(28)10(4)27-9(3)12(18)14(25-27)17(19,20)21/h8,10H,5-7H2,1-4H3,(H,22,29)(H,23,28)/t10-/m0/s1. The summed E-state index contributed by atoms with van der Waals surface area (Å²) < 4.78 is 41.5. The first-order chi connectivity index (χ1) is 13.5. The van der Waals surface area contributed by atoms with Crippen LogP contribution in [0, 0.1) is 6.92 Å². The van der Waals surface area contributed by atoms with Crippen LogP contribution in [0.4, 0.5) is 18.9 Å². The minimum absolute atomic E-state index is 0.0372. The molecule has 1 atom stereocenters. The summed E-state index contributed by atoms with van der Waals surface area (Å²) in [5.41, 5.74) is -0.731. The maximum absolute atomic E-state index is 13.1. The van der Waals surface area contributed by atoms with E-state index in [9.17, 15) is 22.8 Å². The number of carbonyl (C=O) groups excluding carboxylic acids is 2. The third-order valence-electron chi connectivity index (χ3n) is 4.19. The first-order valence-corrected chi connectivity index (χ1v) is 9.78. The van der Waals surface area contributed by atoms with Crippen LogP contribution in [-0.2, 0) is 17.5 Å². The van der Waals surface area contributed by atoms with Crippen LogP contribution in [0.1, 0.15) is 55.1 Å². The zero-order chi connectivity index (χ0) is 21.9. The quantitative estimate of drug-likeness (QED) is 0.636. The smallest absolute Gasteiger partial charge is 0.351 e. The van der Waals surface area contributed by atoms with E-state index in [4.69, 9.17) is 0 Å². The number of aryl methyl sites for hydroxylation is 1. The predicted octanol–water partition coefficient (Wildman–Crippen LogP) is 3.53. The predicted molar refractivity (Wildman–Crippen MR) is 104 cm³/mol. The molecule has 2 aromatic heterocycles. The molecule has 0 bridgehead atoms. The SMILES string of the molecule is CCCNC(=O)c1nn(CC)cc1NC(=O)[C@H](C)n1nc(C(F)(F)F)c(Br)c1C. The summed E-state index contributed by atoms with van der Waals surface area (Å²) >= 11 is 2.89. The maximum atomic E-state index is 13.1. The minimum Gasteiger partial charge on any atom is -0.351 e. The number of halogens is 4. The zero-order valence-electron chi connectivity index (χ0n) is 16.4. The van der Waals surface area contributed by atoms with Crippen molar-refractivity contribution in [2.45, 2.75) is 52.9 Å². The fourth-order valence-electron chi connectivity index (χ4n) is 2.57. The molecule has 0 radical (unpaired) electrons. The summed E-state index contributed by atoms with van der Waals surface area (Å²) in [7, 11) is 0. The third-order valence-corrected chi connectivity index (χ3v) is 5.14. The molecular weight excluding hydrogens is 457 g/mol. The third kappa shape index (κ3) is 4.98. The molecule has 2 amide bonds. The van der Waals surface area contributed by atoms with Gasteiger partial charge in [-0.3, -0.25) is 19.0 Å². The Labute approximate surface area is 174 Å². The molecule has 2 rings (SSSR count). The van der Waals surface area contributed by atoms with Crippen molar-refractivity contribution in [3.63, 3.8) is 0 Å². The van der Waals surface area contributed by atoms with Gasteiger partial charge in [-0.1, -0.05) is 6.92 Å². The largest absolute Gasteiger partial charge is 0.436 e. The number of amides is 2. The average molecular weight is 479 g/mol. The highest BCUT2D eigenvalue weighted by molar-refractivity contribution is 9.10. The second kappa shape index (κ2) is 8.97. The van der Waals surface area contributed by atoms with Gasteiger partial charge in [0.1, 0.15) is 6.04 Å². The molecule has 29 heavy (non-hydrogen) atoms. The van der Waals surface area contributed by atoms with E-state index in [2.05, 4.69) is 36.8 Å². The van der Waals surface area contributed by atoms with E-state index in [1.807, 2.05) is 13.8 Å². The van der Waals surface area contributed by atoms with E-state index in [0.717, 1.165) is 11.1 Å². The normalized spacial score (nSPS) is 12.7. The lowest BCUT2D eigenvalue weighted by Gasteiger charge is -2.14. The van der Waals surface area contributed by atoms with Crippen molar-refractivity contribution in [3.8, 4) is 0 Å². The van der Waals surface area contributed by atoms with Crippen LogP contribution in [0.3, 0.4) is 0 Å². The molecular formula is C17H22BrF3N6O2. The highest BCUT2D eigenvalue weighted by Gasteiger charge is 2.39. The Morgan fingerprint density at radius 2 is 1.93 bits per heavy atom. The molecule has 0 aromatic carbocycles. The van der Waals surface area contributed by atoms with Crippen LogP contribution in [0.5, 0.6) is 0 Å². The van der Waals surface area contributed by atoms with Gasteiger partial charge in [-0.25, -0.2) is 0 Å². The summed E-state index contributed by atoms with van der Waals surface area (Å²) in [6.45, 7) is 7.48. The van der Waals surface area contributed by atoms with Gasteiger partial charge in [0, 0.05) is 19.3 Å². The van der Waals surface area contributed by atoms with E-state index >= 15 is 0 Å². The number of anilines is 1. The molecule has 0 unspecified atom stereocenters. The second-order valence-corrected chi connectivity index (χ2v) is 7.15. The van der Waals surface area contributed by atoms with Crippen LogP contribution in [0.25, 0.3) is 0 Å². The lowest BCUT2D eigenvalue weighted by molar-refractivity contribution is -0.142. The molecule has 8 nitrogen and oxygen atoms in total. The van der Waals surface area contributed by atoms with Crippen LogP contribution >= 0.6 is 15.9 Å². The number of alkyl halides is 3. The summed E-state index contributed by atoms with van der Waals surface area (Å²) in [6.07, 6.45) is -2.43. The van der Waals surface area contributed by atoms with Crippen molar-refractivity contribution < 1.29 is 22.8 Å². The summed E-state index contributed by atoms with van der Waals surface area (Å²) in [5.74, 6) is -1.07. The molecule has 2 heterocycles. The van der Waals surface area contributed by atoms with Gasteiger partial charge in [0.05, 0.1) is 15.9 Å². The number of nitrogens with zero attached hydrogens (tertiary/aromatic N) is 4. The average Bonchev–Trinajstić information content (AvgIpc) is 3.20. The number of hydrogen-bond acceptors (Lipinski definition) is 4. The van der Waals surface area contributed by atoms with Crippen LogP contribution in [0.2, 0.25) is 0 Å². The first-order valence-electron chi connectivity index (χ1n) is 8.99. The Bertz CT molecular complexity index is 906. The van der Waals surface area contributed by atoms with Crippen molar-refractivity contribution in [1.82, 2.24) is 24.9 Å². The van der Waals surface area contributed by atoms with Gasteiger partial charge in [0.2, 0.25) is 5.91 Å². The van der Waals surface area contributed by atoms with E-state index in [0.29, 0.717) is 13.1 Å². The van der Waals surface area contributed by atoms with Crippen molar-refractivity contribution in [2.75, 3.05) is 11.9 Å². The molecule has 2 aromatic rings. The lowest BCUT2D eigenvalue weighted by Crippen LogP contribution is -2.28. The lowest BCUT2D eigenvalue weighted by atomic mass is 10.2. The molecule has 160 valence electrons. The Hall–Kier alpha value is -2.37. The van der Waals surface area contributed by atoms with Crippen LogP contribution in [-0.4, -0.2) is 37.9 Å². The summed E-state index contributed by atoms with van der Waals surface area (Å²) in [4.78, 5) is 25.0. The fourth-order valence-corrected chi connectivity index (χ4v) is 3.06. The molecule has 0 saturated carbocycles. The molecule has 2 N–H and O–H groups in total. The van der Waals surface area contributed by atoms with Gasteiger partial charge >= 0.3 is 6.18 Å². The summed E-state index contributed by atoms with van der Waals surface area (Å²) in [5, 5.41) is 12.9. The number of carbonyl (C=O) groups is 2. The second-order valence-electron chi connectivity index (χ2n) is 6.36. The monoisotopic (exact) mass is 478 g/mol. The molecule has 0 saturated heterocycles. The Kier molecular flexibility index (Phi) is 7.09. The Balaban J connectivity index is 2.29. The molecule has 0 aliphatic rings. The topological polar surface area (TPSA) is 93.8 Å². The number of aromatic nitrogens is 4. The molecule has 0 aliphatic carbocycles. The summed E-state index contributed by atoms with van der Waals surface area (Å²) in [6, 6.07) is -1.06. The van der Waals surface area contributed by atoms with Crippen molar-refractivity contribution in [3.05, 3.63) is 27.8 Å². The number of rotatable bonds is 7. The van der Waals surface area contributed by atoms with Crippen molar-refractivity contribution in [2.24, 2.45) is 0 Å². The van der Waals surface area contributed by atoms with Crippen molar-refractivity contribution in [1.29, 1.82) is 0 Å². The van der Waals surface area contributed by atoms with Crippen LogP contribution < -0.4 is 10.6 Å². The Morgan fingerprint density at radius 3 is 2.45 bits per heavy atom. The van der Waals surface area contributed by atoms with E-state index in [1.165, 1.54) is 24.7 Å². The molecule has 12 heteroatoms. The van der Waals surface area contributed by atoms with E-state index in [1.54, 1.807) is 0 Å². The highest BCUT2D eigenvalue weighted by atomic mass is 79.9. The maximum Gasteiger partial charge on any atom is 0.436 e. The van der Waals surface area contributed by atoms with E-state index in [-0.39, 0.29) is 21.5 Å². The van der Waals surface area contributed by atoms with Gasteiger partial charge in [-0.05, 0) is 43.1 Å². The van der Waals surface area contributed by atoms with Gasteiger partial charge in [-0.15, -0.1) is 0 Å². The molecule has 0 fully saturated rings. The molecule has 0 aliphatic heterocycles. The number of hydrogen-bond donors (Lipinski definition) is 2. The molecule has 0 spiro atoms. The van der Waals surface area contributed by atoms with Gasteiger partial charge in [-0.2, -0.15) is 23.4 Å². The zero-order valence-corrected chi connectivity index (χ0v) is 18.0. The van der Waals surface area contributed by atoms with Gasteiger partial charge in [0.25, 0.3) is 5.91 Å². The fraction of sp³-hybridized carbons (Fsp3) is 0.529. The van der Waals surface area contributed by atoms with Gasteiger partial charge in [0.15, 0.2) is 11.4 Å². The van der Waals surface area contributed by atoms with Crippen LogP contribution in [0.15, 0.2) is 10.7 Å². The van der Waals surface area contributed by atoms with Crippen molar-refractivity contribution >= 4 is 33.4 Å². The van der Waals surface area contributed by atoms with E-state index < -0.39 is 29.7 Å². The van der Waals surface area contributed by atoms with Gasteiger partial charge < -0.3 is 10.6 Å². The Morgan fingerprint density at radius 1 is 1.28 bits per heavy atom.